The third kappa shape index (κ3) is 4.12. The molecule has 0 saturated carbocycles. The molecule has 0 aliphatic rings. The van der Waals surface area contributed by atoms with Crippen LogP contribution in [0.3, 0.4) is 0 Å². The molecule has 20 heavy (non-hydrogen) atoms. The van der Waals surface area contributed by atoms with Crippen molar-refractivity contribution in [2.45, 2.75) is 4.90 Å². The van der Waals surface area contributed by atoms with Crippen LogP contribution < -0.4 is 46.3 Å². The Balaban J connectivity index is 0.00000200. The smallest absolute Gasteiger partial charge is 0.744 e. The molecule has 0 aromatic heterocycles. The van der Waals surface area contributed by atoms with E-state index in [1.165, 1.54) is 12.1 Å². The molecule has 2 rings (SSSR count). The molecule has 0 fully saturated rings. The molecule has 0 unspecified atom stereocenters. The van der Waals surface area contributed by atoms with E-state index in [1.54, 1.807) is 24.3 Å². The quantitative estimate of drug-likeness (QED) is 0.360. The molecular weight excluding hydrogens is 289 g/mol. The summed E-state index contributed by atoms with van der Waals surface area (Å²) < 4.78 is 33.5. The molecule has 100 valence electrons. The minimum Gasteiger partial charge on any atom is -0.744 e. The fourth-order valence-corrected chi connectivity index (χ4v) is 2.24. The van der Waals surface area contributed by atoms with E-state index < -0.39 is 10.1 Å². The molecule has 0 radical (unpaired) electrons. The van der Waals surface area contributed by atoms with Gasteiger partial charge in [-0.05, 0) is 42.5 Å². The van der Waals surface area contributed by atoms with Gasteiger partial charge in [-0.2, -0.15) is 0 Å². The van der Waals surface area contributed by atoms with Gasteiger partial charge >= 0.3 is 29.6 Å². The van der Waals surface area contributed by atoms with Gasteiger partial charge < -0.3 is 21.3 Å². The van der Waals surface area contributed by atoms with Crippen LogP contribution in [-0.4, -0.2) is 13.0 Å². The second-order valence-corrected chi connectivity index (χ2v) is 5.30. The number of benzene rings is 2. The Hall–Kier alpha value is -1.25. The Morgan fingerprint density at radius 3 is 2.05 bits per heavy atom. The molecule has 6 nitrogen and oxygen atoms in total. The topological polar surface area (TPSA) is 121 Å². The van der Waals surface area contributed by atoms with Crippen molar-refractivity contribution in [2.24, 2.45) is 0 Å². The molecule has 0 atom stereocenters. The predicted molar refractivity (Wildman–Crippen MR) is 73.0 cm³/mol. The minimum atomic E-state index is -4.60. The zero-order chi connectivity index (χ0) is 14.0. The maximum absolute atomic E-state index is 11.2. The Labute approximate surface area is 139 Å². The van der Waals surface area contributed by atoms with Gasteiger partial charge in [0.1, 0.15) is 10.1 Å². The van der Waals surface area contributed by atoms with Crippen LogP contribution in [0.15, 0.2) is 47.4 Å². The number of hydrogen-bond donors (Lipinski definition) is 3. The van der Waals surface area contributed by atoms with Gasteiger partial charge in [0.05, 0.1) is 10.6 Å². The first-order valence-corrected chi connectivity index (χ1v) is 6.75. The third-order valence-electron chi connectivity index (χ3n) is 2.46. The Morgan fingerprint density at radius 2 is 1.50 bits per heavy atom. The van der Waals surface area contributed by atoms with Crippen molar-refractivity contribution in [3.05, 3.63) is 42.5 Å². The van der Waals surface area contributed by atoms with E-state index in [1.807, 2.05) is 0 Å². The van der Waals surface area contributed by atoms with Crippen LogP contribution >= 0.6 is 0 Å². The maximum Gasteiger partial charge on any atom is 1.00 e. The van der Waals surface area contributed by atoms with E-state index in [4.69, 9.17) is 11.5 Å². The van der Waals surface area contributed by atoms with Crippen molar-refractivity contribution in [2.75, 3.05) is 16.8 Å². The molecule has 5 N–H and O–H groups in total. The van der Waals surface area contributed by atoms with Crippen LogP contribution in [0.5, 0.6) is 0 Å². The van der Waals surface area contributed by atoms with E-state index in [0.29, 0.717) is 11.4 Å². The van der Waals surface area contributed by atoms with E-state index in [2.05, 4.69) is 5.32 Å². The fraction of sp³-hybridized carbons (Fsp3) is 0. The molecule has 0 aliphatic carbocycles. The molecule has 0 aliphatic heterocycles. The van der Waals surface area contributed by atoms with Crippen LogP contribution in [-0.2, 0) is 10.1 Å². The van der Waals surface area contributed by atoms with Gasteiger partial charge in [-0.15, -0.1) is 0 Å². The van der Waals surface area contributed by atoms with Crippen LogP contribution in [0.1, 0.15) is 0 Å². The van der Waals surface area contributed by atoms with E-state index >= 15 is 0 Å². The third-order valence-corrected chi connectivity index (χ3v) is 3.34. The molecular formula is C12H12N3NaO3S. The van der Waals surface area contributed by atoms with Crippen molar-refractivity contribution in [3.63, 3.8) is 0 Å². The summed E-state index contributed by atoms with van der Waals surface area (Å²) in [6, 6.07) is 10.7. The molecule has 0 heterocycles. The zero-order valence-electron chi connectivity index (χ0n) is 10.8. The molecule has 0 bridgehead atoms. The van der Waals surface area contributed by atoms with Crippen molar-refractivity contribution in [1.82, 2.24) is 0 Å². The summed E-state index contributed by atoms with van der Waals surface area (Å²) >= 11 is 0. The first-order valence-electron chi connectivity index (χ1n) is 5.34. The molecule has 2 aromatic carbocycles. The van der Waals surface area contributed by atoms with Crippen LogP contribution in [0.2, 0.25) is 0 Å². The zero-order valence-corrected chi connectivity index (χ0v) is 13.6. The van der Waals surface area contributed by atoms with Crippen LogP contribution in [0.25, 0.3) is 0 Å². The second kappa shape index (κ2) is 6.47. The Bertz CT molecular complexity index is 702. The first-order chi connectivity index (χ1) is 8.86. The number of hydrogen-bond acceptors (Lipinski definition) is 6. The molecule has 0 spiro atoms. The normalized spacial score (nSPS) is 10.7. The average molecular weight is 301 g/mol. The number of rotatable bonds is 3. The Kier molecular flexibility index (Phi) is 5.43. The predicted octanol–water partition coefficient (Wildman–Crippen LogP) is -1.50. The van der Waals surface area contributed by atoms with Gasteiger partial charge in [0.2, 0.25) is 0 Å². The Morgan fingerprint density at radius 1 is 0.950 bits per heavy atom. The summed E-state index contributed by atoms with van der Waals surface area (Å²) in [6.07, 6.45) is 0. The van der Waals surface area contributed by atoms with Crippen LogP contribution in [0, 0.1) is 0 Å². The van der Waals surface area contributed by atoms with Crippen molar-refractivity contribution < 1.29 is 42.5 Å². The summed E-state index contributed by atoms with van der Waals surface area (Å²) in [7, 11) is -4.60. The molecule has 0 amide bonds. The second-order valence-electron chi connectivity index (χ2n) is 3.96. The number of nitrogens with one attached hydrogen (secondary N) is 1. The van der Waals surface area contributed by atoms with Gasteiger partial charge in [0, 0.05) is 17.1 Å². The van der Waals surface area contributed by atoms with Crippen molar-refractivity contribution >= 4 is 32.9 Å². The molecule has 8 heteroatoms. The number of nitrogens with two attached hydrogens (primary N) is 2. The fourth-order valence-electron chi connectivity index (χ4n) is 1.57. The van der Waals surface area contributed by atoms with Gasteiger partial charge in [-0.25, -0.2) is 8.42 Å². The van der Waals surface area contributed by atoms with Gasteiger partial charge in [-0.3, -0.25) is 0 Å². The largest absolute Gasteiger partial charge is 1.00 e. The average Bonchev–Trinajstić information content (AvgIpc) is 2.33. The summed E-state index contributed by atoms with van der Waals surface area (Å²) in [6.45, 7) is 0. The monoisotopic (exact) mass is 301 g/mol. The number of anilines is 4. The van der Waals surface area contributed by atoms with Crippen molar-refractivity contribution in [1.29, 1.82) is 0 Å². The molecule has 0 saturated heterocycles. The SMILES string of the molecule is Nc1ccc(Nc2ccc(N)cc2S(=O)(=O)[O-])cc1.[Na+]. The summed E-state index contributed by atoms with van der Waals surface area (Å²) in [5.41, 5.74) is 12.6. The summed E-state index contributed by atoms with van der Waals surface area (Å²) in [4.78, 5) is -0.385. The van der Waals surface area contributed by atoms with Gasteiger partial charge in [0.25, 0.3) is 0 Å². The van der Waals surface area contributed by atoms with Gasteiger partial charge in [0.15, 0.2) is 0 Å². The first kappa shape index (κ1) is 16.8. The summed E-state index contributed by atoms with van der Waals surface area (Å²) in [5, 5.41) is 2.84. The maximum atomic E-state index is 11.2. The minimum absolute atomic E-state index is 0. The summed E-state index contributed by atoms with van der Waals surface area (Å²) in [5.74, 6) is 0. The standard InChI is InChI=1S/C12H13N3O3S.Na/c13-8-1-4-10(5-2-8)15-11-6-3-9(14)7-12(11)19(16,17)18;/h1-7,15H,13-14H2,(H,16,17,18);/q;+1/p-1. The van der Waals surface area contributed by atoms with Gasteiger partial charge in [-0.1, -0.05) is 0 Å². The van der Waals surface area contributed by atoms with E-state index in [0.717, 1.165) is 6.07 Å². The van der Waals surface area contributed by atoms with E-state index in [9.17, 15) is 13.0 Å². The van der Waals surface area contributed by atoms with Crippen molar-refractivity contribution in [3.8, 4) is 0 Å². The number of nitrogen functional groups attached to an aromatic ring is 2. The van der Waals surface area contributed by atoms with Crippen LogP contribution in [0.4, 0.5) is 22.7 Å². The van der Waals surface area contributed by atoms with E-state index in [-0.39, 0.29) is 45.8 Å². The molecule has 2 aromatic rings.